The number of likely N-dealkylation sites (N-methyl/N-ethyl adjacent to an activating group) is 1. The van der Waals surface area contributed by atoms with Crippen LogP contribution in [0, 0.1) is 11.8 Å². The number of carbonyl (C=O) groups excluding carboxylic acids is 1. The summed E-state index contributed by atoms with van der Waals surface area (Å²) in [5, 5.41) is 0. The molecule has 1 heterocycles. The average molecular weight is 247 g/mol. The van der Waals surface area contributed by atoms with Gasteiger partial charge in [0.05, 0.1) is 18.7 Å². The van der Waals surface area contributed by atoms with Gasteiger partial charge in [0.15, 0.2) is 0 Å². The first-order valence-electron chi connectivity index (χ1n) is 5.59. The predicted molar refractivity (Wildman–Crippen MR) is 69.0 cm³/mol. The zero-order valence-electron chi connectivity index (χ0n) is 10.6. The number of aromatic nitrogens is 1. The summed E-state index contributed by atoms with van der Waals surface area (Å²) >= 11 is 0. The molecule has 96 valence electrons. The van der Waals surface area contributed by atoms with Crippen LogP contribution in [-0.2, 0) is 4.74 Å². The normalized spacial score (nSPS) is 9.50. The summed E-state index contributed by atoms with van der Waals surface area (Å²) in [5.41, 5.74) is 6.26. The van der Waals surface area contributed by atoms with E-state index in [0.717, 1.165) is 0 Å². The third-order valence-electron chi connectivity index (χ3n) is 2.31. The Labute approximate surface area is 107 Å². The van der Waals surface area contributed by atoms with Crippen molar-refractivity contribution in [3.63, 3.8) is 0 Å². The van der Waals surface area contributed by atoms with Crippen molar-refractivity contribution in [2.24, 2.45) is 5.73 Å². The number of nitrogens with zero attached hydrogens (tertiary/aromatic N) is 2. The molecule has 0 unspecified atom stereocenters. The number of rotatable bonds is 4. The summed E-state index contributed by atoms with van der Waals surface area (Å²) < 4.78 is 4.93. The Morgan fingerprint density at radius 3 is 3.06 bits per heavy atom. The van der Waals surface area contributed by atoms with Gasteiger partial charge in [-0.1, -0.05) is 11.8 Å². The van der Waals surface area contributed by atoms with Crippen LogP contribution in [0.25, 0.3) is 0 Å². The molecule has 1 aromatic rings. The SMILES string of the molecule is COCCN(C)C(=O)c1ncccc1C#CCN. The van der Waals surface area contributed by atoms with Gasteiger partial charge in [0.2, 0.25) is 0 Å². The van der Waals surface area contributed by atoms with Crippen molar-refractivity contribution in [3.05, 3.63) is 29.6 Å². The van der Waals surface area contributed by atoms with E-state index in [2.05, 4.69) is 16.8 Å². The molecule has 0 fully saturated rings. The molecular weight excluding hydrogens is 230 g/mol. The summed E-state index contributed by atoms with van der Waals surface area (Å²) in [6, 6.07) is 3.50. The van der Waals surface area contributed by atoms with Gasteiger partial charge in [0.25, 0.3) is 5.91 Å². The van der Waals surface area contributed by atoms with E-state index in [1.807, 2.05) is 0 Å². The molecule has 2 N–H and O–H groups in total. The van der Waals surface area contributed by atoms with Crippen LogP contribution >= 0.6 is 0 Å². The molecule has 0 aliphatic heterocycles. The van der Waals surface area contributed by atoms with Crippen LogP contribution in [0.2, 0.25) is 0 Å². The number of hydrogen-bond donors (Lipinski definition) is 1. The molecule has 0 saturated heterocycles. The second-order valence-corrected chi connectivity index (χ2v) is 3.62. The highest BCUT2D eigenvalue weighted by molar-refractivity contribution is 5.94. The van der Waals surface area contributed by atoms with Gasteiger partial charge in [-0.2, -0.15) is 0 Å². The minimum Gasteiger partial charge on any atom is -0.383 e. The molecule has 0 aliphatic rings. The van der Waals surface area contributed by atoms with Crippen LogP contribution in [0.15, 0.2) is 18.3 Å². The Hall–Kier alpha value is -1.90. The Morgan fingerprint density at radius 1 is 1.61 bits per heavy atom. The second kappa shape index (κ2) is 7.43. The van der Waals surface area contributed by atoms with Gasteiger partial charge in [-0.3, -0.25) is 4.79 Å². The molecule has 0 atom stereocenters. The number of carbonyl (C=O) groups is 1. The fraction of sp³-hybridized carbons (Fsp3) is 0.385. The zero-order valence-corrected chi connectivity index (χ0v) is 10.6. The minimum atomic E-state index is -0.172. The van der Waals surface area contributed by atoms with Crippen LogP contribution in [0.3, 0.4) is 0 Å². The smallest absolute Gasteiger partial charge is 0.273 e. The maximum atomic E-state index is 12.1. The summed E-state index contributed by atoms with van der Waals surface area (Å²) in [7, 11) is 3.30. The van der Waals surface area contributed by atoms with E-state index in [0.29, 0.717) is 24.4 Å². The van der Waals surface area contributed by atoms with Crippen molar-refractivity contribution in [2.45, 2.75) is 0 Å². The quantitative estimate of drug-likeness (QED) is 0.767. The third kappa shape index (κ3) is 3.84. The summed E-state index contributed by atoms with van der Waals surface area (Å²) in [6.07, 6.45) is 1.57. The Bertz CT molecular complexity index is 463. The highest BCUT2D eigenvalue weighted by Crippen LogP contribution is 2.06. The van der Waals surface area contributed by atoms with Crippen LogP contribution in [0.4, 0.5) is 0 Å². The van der Waals surface area contributed by atoms with Crippen molar-refractivity contribution in [1.29, 1.82) is 0 Å². The molecule has 0 bridgehead atoms. The topological polar surface area (TPSA) is 68.5 Å². The fourth-order valence-electron chi connectivity index (χ4n) is 1.33. The van der Waals surface area contributed by atoms with Crippen molar-refractivity contribution in [3.8, 4) is 11.8 Å². The van der Waals surface area contributed by atoms with E-state index in [1.165, 1.54) is 0 Å². The lowest BCUT2D eigenvalue weighted by atomic mass is 10.2. The van der Waals surface area contributed by atoms with Crippen molar-refractivity contribution >= 4 is 5.91 Å². The summed E-state index contributed by atoms with van der Waals surface area (Å²) in [5.74, 6) is 5.40. The first kappa shape index (κ1) is 14.2. The minimum absolute atomic E-state index is 0.172. The van der Waals surface area contributed by atoms with Crippen molar-refractivity contribution in [2.75, 3.05) is 33.9 Å². The molecule has 5 heteroatoms. The van der Waals surface area contributed by atoms with Gasteiger partial charge in [0, 0.05) is 26.9 Å². The third-order valence-corrected chi connectivity index (χ3v) is 2.31. The summed E-state index contributed by atoms with van der Waals surface area (Å²) in [4.78, 5) is 17.8. The second-order valence-electron chi connectivity index (χ2n) is 3.62. The van der Waals surface area contributed by atoms with Crippen LogP contribution in [0.5, 0.6) is 0 Å². The number of ether oxygens (including phenoxy) is 1. The molecule has 0 aromatic carbocycles. The molecular formula is C13H17N3O2. The number of nitrogens with two attached hydrogens (primary N) is 1. The van der Waals surface area contributed by atoms with E-state index in [1.54, 1.807) is 37.4 Å². The fourth-order valence-corrected chi connectivity index (χ4v) is 1.33. The molecule has 1 amide bonds. The van der Waals surface area contributed by atoms with E-state index in [-0.39, 0.29) is 12.5 Å². The molecule has 18 heavy (non-hydrogen) atoms. The highest BCUT2D eigenvalue weighted by atomic mass is 16.5. The van der Waals surface area contributed by atoms with E-state index in [9.17, 15) is 4.79 Å². The maximum absolute atomic E-state index is 12.1. The lowest BCUT2D eigenvalue weighted by Crippen LogP contribution is -2.31. The Morgan fingerprint density at radius 2 is 2.39 bits per heavy atom. The lowest BCUT2D eigenvalue weighted by Gasteiger charge is -2.16. The molecule has 1 rings (SSSR count). The maximum Gasteiger partial charge on any atom is 0.273 e. The zero-order chi connectivity index (χ0) is 13.4. The predicted octanol–water partition coefficient (Wildman–Crippen LogP) is 0.110. The molecule has 5 nitrogen and oxygen atoms in total. The van der Waals surface area contributed by atoms with E-state index >= 15 is 0 Å². The summed E-state index contributed by atoms with van der Waals surface area (Å²) in [6.45, 7) is 1.25. The molecule has 0 aliphatic carbocycles. The van der Waals surface area contributed by atoms with E-state index < -0.39 is 0 Å². The molecule has 0 spiro atoms. The number of pyridine rings is 1. The highest BCUT2D eigenvalue weighted by Gasteiger charge is 2.15. The Kier molecular flexibility index (Phi) is 5.85. The van der Waals surface area contributed by atoms with Crippen LogP contribution in [0.1, 0.15) is 16.1 Å². The molecule has 1 aromatic heterocycles. The number of amides is 1. The van der Waals surface area contributed by atoms with Crippen molar-refractivity contribution in [1.82, 2.24) is 9.88 Å². The monoisotopic (exact) mass is 247 g/mol. The average Bonchev–Trinajstić information content (AvgIpc) is 2.42. The van der Waals surface area contributed by atoms with Crippen LogP contribution < -0.4 is 5.73 Å². The number of hydrogen-bond acceptors (Lipinski definition) is 4. The van der Waals surface area contributed by atoms with Gasteiger partial charge in [-0.15, -0.1) is 0 Å². The lowest BCUT2D eigenvalue weighted by molar-refractivity contribution is 0.0738. The van der Waals surface area contributed by atoms with Gasteiger partial charge >= 0.3 is 0 Å². The first-order chi connectivity index (χ1) is 8.70. The standard InChI is InChI=1S/C13H17N3O2/c1-16(9-10-18-2)13(17)12-11(5-3-7-14)6-4-8-15-12/h4,6,8H,7,9-10,14H2,1-2H3. The number of methoxy groups -OCH3 is 1. The van der Waals surface area contributed by atoms with E-state index in [4.69, 9.17) is 10.5 Å². The van der Waals surface area contributed by atoms with Crippen molar-refractivity contribution < 1.29 is 9.53 Å². The largest absolute Gasteiger partial charge is 0.383 e. The Balaban J connectivity index is 2.91. The molecule has 0 saturated carbocycles. The molecule has 0 radical (unpaired) electrons. The van der Waals surface area contributed by atoms with Gasteiger partial charge in [-0.25, -0.2) is 4.98 Å². The van der Waals surface area contributed by atoms with Gasteiger partial charge in [-0.05, 0) is 12.1 Å². The van der Waals surface area contributed by atoms with Gasteiger partial charge < -0.3 is 15.4 Å². The van der Waals surface area contributed by atoms with Crippen LogP contribution in [-0.4, -0.2) is 49.6 Å². The first-order valence-corrected chi connectivity index (χ1v) is 5.59. The van der Waals surface area contributed by atoms with Gasteiger partial charge in [0.1, 0.15) is 5.69 Å².